The van der Waals surface area contributed by atoms with Gasteiger partial charge in [0, 0.05) is 6.54 Å². The molecule has 1 saturated heterocycles. The number of terminal acetylenes is 1. The number of carbonyl (C=O) groups is 1. The molecule has 1 heterocycles. The SMILES string of the molecule is C#CCOc1ccc(C[C@@H]2N[C@H](C(C)(C)C)N(CCCC)C2=O)cc1. The van der Waals surface area contributed by atoms with Crippen molar-refractivity contribution in [1.82, 2.24) is 10.2 Å². The molecule has 1 fully saturated rings. The standard InChI is InChI=1S/C21H30N2O2/c1-6-8-13-23-19(24)18(22-20(23)21(3,4)5)15-16-9-11-17(12-10-16)25-14-7-2/h2,9-12,18,20,22H,6,8,13-15H2,1,3-5H3/t18-,20-/m0/s1. The minimum atomic E-state index is -0.168. The Balaban J connectivity index is 2.06. The Morgan fingerprint density at radius 1 is 1.28 bits per heavy atom. The summed E-state index contributed by atoms with van der Waals surface area (Å²) >= 11 is 0. The first-order chi connectivity index (χ1) is 11.9. The van der Waals surface area contributed by atoms with Crippen molar-refractivity contribution >= 4 is 5.91 Å². The molecule has 1 aromatic rings. The highest BCUT2D eigenvalue weighted by Crippen LogP contribution is 2.29. The van der Waals surface area contributed by atoms with Crippen LogP contribution in [0.1, 0.15) is 46.1 Å². The van der Waals surface area contributed by atoms with E-state index in [1.54, 1.807) is 0 Å². The van der Waals surface area contributed by atoms with Gasteiger partial charge in [0.05, 0.1) is 12.2 Å². The lowest BCUT2D eigenvalue weighted by atomic mass is 9.91. The predicted octanol–water partition coefficient (Wildman–Crippen LogP) is 3.21. The van der Waals surface area contributed by atoms with E-state index in [0.717, 1.165) is 30.7 Å². The number of nitrogens with one attached hydrogen (secondary N) is 1. The summed E-state index contributed by atoms with van der Waals surface area (Å²) in [5, 5.41) is 3.56. The van der Waals surface area contributed by atoms with Crippen LogP contribution < -0.4 is 10.1 Å². The summed E-state index contributed by atoms with van der Waals surface area (Å²) in [4.78, 5) is 14.9. The minimum Gasteiger partial charge on any atom is -0.481 e. The fourth-order valence-corrected chi connectivity index (χ4v) is 3.19. The van der Waals surface area contributed by atoms with Gasteiger partial charge in [-0.2, -0.15) is 0 Å². The normalized spacial score (nSPS) is 20.6. The molecule has 1 aromatic carbocycles. The zero-order valence-electron chi connectivity index (χ0n) is 15.8. The van der Waals surface area contributed by atoms with Crippen LogP contribution in [0.4, 0.5) is 0 Å². The molecule has 0 radical (unpaired) electrons. The third-order valence-corrected chi connectivity index (χ3v) is 4.51. The van der Waals surface area contributed by atoms with Crippen LogP contribution in [-0.4, -0.2) is 36.2 Å². The van der Waals surface area contributed by atoms with Crippen molar-refractivity contribution in [3.05, 3.63) is 29.8 Å². The fourth-order valence-electron chi connectivity index (χ4n) is 3.19. The molecule has 4 heteroatoms. The van der Waals surface area contributed by atoms with E-state index in [9.17, 15) is 4.79 Å². The Morgan fingerprint density at radius 3 is 2.52 bits per heavy atom. The maximum Gasteiger partial charge on any atom is 0.241 e. The Labute approximate surface area is 151 Å². The topological polar surface area (TPSA) is 41.6 Å². The van der Waals surface area contributed by atoms with Crippen molar-refractivity contribution in [3.8, 4) is 18.1 Å². The van der Waals surface area contributed by atoms with Gasteiger partial charge in [-0.15, -0.1) is 6.42 Å². The van der Waals surface area contributed by atoms with E-state index in [4.69, 9.17) is 11.2 Å². The maximum atomic E-state index is 12.9. The highest BCUT2D eigenvalue weighted by Gasteiger charge is 2.43. The average molecular weight is 342 g/mol. The highest BCUT2D eigenvalue weighted by molar-refractivity contribution is 5.84. The molecule has 136 valence electrons. The van der Waals surface area contributed by atoms with Gasteiger partial charge in [-0.3, -0.25) is 10.1 Å². The Bertz CT molecular complexity index is 610. The van der Waals surface area contributed by atoms with Crippen LogP contribution in [0, 0.1) is 17.8 Å². The number of rotatable bonds is 7. The van der Waals surface area contributed by atoms with E-state index in [-0.39, 0.29) is 30.1 Å². The van der Waals surface area contributed by atoms with Gasteiger partial charge in [0.1, 0.15) is 12.4 Å². The minimum absolute atomic E-state index is 0.00503. The summed E-state index contributed by atoms with van der Waals surface area (Å²) in [6.07, 6.45) is 8.09. The number of unbranched alkanes of at least 4 members (excludes halogenated alkanes) is 1. The second kappa shape index (κ2) is 8.40. The van der Waals surface area contributed by atoms with Gasteiger partial charge >= 0.3 is 0 Å². The monoisotopic (exact) mass is 342 g/mol. The first-order valence-corrected chi connectivity index (χ1v) is 9.08. The molecular weight excluding hydrogens is 312 g/mol. The van der Waals surface area contributed by atoms with E-state index >= 15 is 0 Å². The maximum absolute atomic E-state index is 12.9. The molecule has 1 aliphatic heterocycles. The lowest BCUT2D eigenvalue weighted by Gasteiger charge is -2.34. The second-order valence-corrected chi connectivity index (χ2v) is 7.71. The van der Waals surface area contributed by atoms with E-state index < -0.39 is 0 Å². The molecule has 1 amide bonds. The molecule has 1 N–H and O–H groups in total. The van der Waals surface area contributed by atoms with Crippen molar-refractivity contribution < 1.29 is 9.53 Å². The van der Waals surface area contributed by atoms with Crippen LogP contribution in [0.3, 0.4) is 0 Å². The molecule has 0 saturated carbocycles. The molecular formula is C21H30N2O2. The zero-order chi connectivity index (χ0) is 18.4. The summed E-state index contributed by atoms with van der Waals surface area (Å²) in [6, 6.07) is 7.65. The molecule has 25 heavy (non-hydrogen) atoms. The van der Waals surface area contributed by atoms with Crippen LogP contribution in [0.15, 0.2) is 24.3 Å². The first kappa shape index (κ1) is 19.3. The fraction of sp³-hybridized carbons (Fsp3) is 0.571. The van der Waals surface area contributed by atoms with Crippen molar-refractivity contribution in [2.75, 3.05) is 13.2 Å². The molecule has 0 bridgehead atoms. The Morgan fingerprint density at radius 2 is 1.96 bits per heavy atom. The summed E-state index contributed by atoms with van der Waals surface area (Å²) in [6.45, 7) is 9.77. The van der Waals surface area contributed by atoms with E-state index in [2.05, 4.69) is 38.9 Å². The number of hydrogen-bond acceptors (Lipinski definition) is 3. The van der Waals surface area contributed by atoms with Crippen LogP contribution in [0.2, 0.25) is 0 Å². The number of nitrogens with zero attached hydrogens (tertiary/aromatic N) is 1. The molecule has 4 nitrogen and oxygen atoms in total. The molecule has 1 aliphatic rings. The van der Waals surface area contributed by atoms with E-state index in [0.29, 0.717) is 6.42 Å². The molecule has 0 aliphatic carbocycles. The van der Waals surface area contributed by atoms with E-state index in [1.165, 1.54) is 0 Å². The summed E-state index contributed by atoms with van der Waals surface area (Å²) < 4.78 is 5.40. The average Bonchev–Trinajstić information content (AvgIpc) is 2.88. The lowest BCUT2D eigenvalue weighted by molar-refractivity contribution is -0.131. The first-order valence-electron chi connectivity index (χ1n) is 9.08. The summed E-state index contributed by atoms with van der Waals surface area (Å²) in [7, 11) is 0. The van der Waals surface area contributed by atoms with Gasteiger partial charge in [-0.25, -0.2) is 0 Å². The summed E-state index contributed by atoms with van der Waals surface area (Å²) in [5.41, 5.74) is 1.12. The lowest BCUT2D eigenvalue weighted by Crippen LogP contribution is -2.47. The van der Waals surface area contributed by atoms with Gasteiger partial charge in [0.25, 0.3) is 0 Å². The Kier molecular flexibility index (Phi) is 6.50. The van der Waals surface area contributed by atoms with Crippen molar-refractivity contribution in [2.24, 2.45) is 5.41 Å². The van der Waals surface area contributed by atoms with E-state index in [1.807, 2.05) is 29.2 Å². The number of amides is 1. The molecule has 0 aromatic heterocycles. The third-order valence-electron chi connectivity index (χ3n) is 4.51. The Hall–Kier alpha value is -1.99. The number of benzene rings is 1. The molecule has 2 atom stereocenters. The van der Waals surface area contributed by atoms with Crippen LogP contribution in [0.25, 0.3) is 0 Å². The van der Waals surface area contributed by atoms with Gasteiger partial charge < -0.3 is 9.64 Å². The number of carbonyl (C=O) groups excluding carboxylic acids is 1. The van der Waals surface area contributed by atoms with Gasteiger partial charge in [0.15, 0.2) is 0 Å². The molecule has 0 unspecified atom stereocenters. The van der Waals surface area contributed by atoms with Crippen molar-refractivity contribution in [1.29, 1.82) is 0 Å². The summed E-state index contributed by atoms with van der Waals surface area (Å²) in [5.74, 6) is 3.42. The number of hydrogen-bond donors (Lipinski definition) is 1. The van der Waals surface area contributed by atoms with Gasteiger partial charge in [0.2, 0.25) is 5.91 Å². The van der Waals surface area contributed by atoms with Gasteiger partial charge in [-0.05, 0) is 36.0 Å². The highest BCUT2D eigenvalue weighted by atomic mass is 16.5. The smallest absolute Gasteiger partial charge is 0.241 e. The van der Waals surface area contributed by atoms with Crippen molar-refractivity contribution in [2.45, 2.75) is 59.2 Å². The van der Waals surface area contributed by atoms with Crippen LogP contribution >= 0.6 is 0 Å². The number of ether oxygens (including phenoxy) is 1. The van der Waals surface area contributed by atoms with Gasteiger partial charge in [-0.1, -0.05) is 52.2 Å². The quantitative estimate of drug-likeness (QED) is 0.774. The third kappa shape index (κ3) is 4.99. The molecule has 2 rings (SSSR count). The second-order valence-electron chi connectivity index (χ2n) is 7.71. The molecule has 0 spiro atoms. The van der Waals surface area contributed by atoms with Crippen LogP contribution in [-0.2, 0) is 11.2 Å². The predicted molar refractivity (Wildman–Crippen MR) is 101 cm³/mol. The van der Waals surface area contributed by atoms with Crippen molar-refractivity contribution in [3.63, 3.8) is 0 Å². The van der Waals surface area contributed by atoms with Crippen LogP contribution in [0.5, 0.6) is 5.75 Å². The largest absolute Gasteiger partial charge is 0.481 e. The zero-order valence-corrected chi connectivity index (χ0v) is 15.8.